The summed E-state index contributed by atoms with van der Waals surface area (Å²) in [5.74, 6) is 0.294. The van der Waals surface area contributed by atoms with E-state index in [4.69, 9.17) is 4.74 Å². The van der Waals surface area contributed by atoms with Crippen molar-refractivity contribution in [3.63, 3.8) is 0 Å². The highest BCUT2D eigenvalue weighted by Gasteiger charge is 2.37. The molecule has 1 aliphatic heterocycles. The lowest BCUT2D eigenvalue weighted by Gasteiger charge is -2.25. The number of thioether (sulfide) groups is 1. The minimum atomic E-state index is -0.529. The molecule has 6 heteroatoms. The van der Waals surface area contributed by atoms with E-state index in [2.05, 4.69) is 4.98 Å². The van der Waals surface area contributed by atoms with Gasteiger partial charge in [-0.3, -0.25) is 9.78 Å². The van der Waals surface area contributed by atoms with Gasteiger partial charge in [-0.25, -0.2) is 4.79 Å². The van der Waals surface area contributed by atoms with Gasteiger partial charge in [-0.15, -0.1) is 0 Å². The van der Waals surface area contributed by atoms with Crippen molar-refractivity contribution >= 4 is 23.6 Å². The van der Waals surface area contributed by atoms with Crippen molar-refractivity contribution in [1.82, 2.24) is 9.88 Å². The molecule has 19 heavy (non-hydrogen) atoms. The molecule has 1 amide bonds. The van der Waals surface area contributed by atoms with E-state index in [0.717, 1.165) is 11.4 Å². The Bertz CT molecular complexity index is 493. The van der Waals surface area contributed by atoms with Crippen molar-refractivity contribution in [2.75, 3.05) is 19.1 Å². The molecule has 0 N–H and O–H groups in total. The molecular weight excluding hydrogens is 264 g/mol. The average molecular weight is 280 g/mol. The number of hydrogen-bond acceptors (Lipinski definition) is 5. The van der Waals surface area contributed by atoms with Gasteiger partial charge in [0.1, 0.15) is 6.04 Å². The Morgan fingerprint density at radius 1 is 1.63 bits per heavy atom. The minimum Gasteiger partial charge on any atom is -0.467 e. The van der Waals surface area contributed by atoms with E-state index in [0.29, 0.717) is 18.5 Å². The number of nitrogens with zero attached hydrogens (tertiary/aromatic N) is 2. The summed E-state index contributed by atoms with van der Waals surface area (Å²) in [6.07, 6.45) is 4.22. The minimum absolute atomic E-state index is 0.139. The van der Waals surface area contributed by atoms with Gasteiger partial charge >= 0.3 is 5.97 Å². The molecule has 1 aromatic rings. The van der Waals surface area contributed by atoms with Gasteiger partial charge in [0, 0.05) is 6.20 Å². The van der Waals surface area contributed by atoms with Crippen molar-refractivity contribution in [2.24, 2.45) is 0 Å². The van der Waals surface area contributed by atoms with Gasteiger partial charge in [-0.2, -0.15) is 11.8 Å². The lowest BCUT2D eigenvalue weighted by molar-refractivity contribution is -0.146. The first-order valence-electron chi connectivity index (χ1n) is 6.00. The fourth-order valence-corrected chi connectivity index (χ4v) is 2.62. The Kier molecular flexibility index (Phi) is 4.42. The normalized spacial score (nSPS) is 15.3. The molecule has 0 unspecified atom stereocenters. The summed E-state index contributed by atoms with van der Waals surface area (Å²) in [5, 5.41) is 0. The van der Waals surface area contributed by atoms with Crippen LogP contribution in [0.15, 0.2) is 18.3 Å². The molecule has 1 atom stereocenters. The van der Waals surface area contributed by atoms with Gasteiger partial charge in [0.15, 0.2) is 0 Å². The van der Waals surface area contributed by atoms with Crippen LogP contribution in [0.25, 0.3) is 0 Å². The number of rotatable bonds is 5. The van der Waals surface area contributed by atoms with Crippen molar-refractivity contribution in [3.05, 3.63) is 29.6 Å². The molecule has 0 saturated carbocycles. The quantitative estimate of drug-likeness (QED) is 0.762. The number of pyridine rings is 1. The number of ether oxygens (including phenoxy) is 1. The lowest BCUT2D eigenvalue weighted by Crippen LogP contribution is -2.42. The maximum atomic E-state index is 12.3. The standard InChI is InChI=1S/C13H16N2O3S/c1-18-13(17)11(5-7-19-2)15-8-10-9(12(15)16)4-3-6-14-10/h3-4,6,11H,5,7-8H2,1-2H3/t11-/m0/s1. The number of carbonyl (C=O) groups excluding carboxylic acids is 2. The summed E-state index contributed by atoms with van der Waals surface area (Å²) in [4.78, 5) is 29.9. The van der Waals surface area contributed by atoms with Crippen LogP contribution in [-0.4, -0.2) is 46.9 Å². The van der Waals surface area contributed by atoms with Crippen molar-refractivity contribution in [2.45, 2.75) is 19.0 Å². The molecule has 0 spiro atoms. The van der Waals surface area contributed by atoms with Crippen LogP contribution in [0, 0.1) is 0 Å². The largest absolute Gasteiger partial charge is 0.467 e. The van der Waals surface area contributed by atoms with Crippen LogP contribution in [-0.2, 0) is 16.1 Å². The van der Waals surface area contributed by atoms with Gasteiger partial charge in [-0.05, 0) is 30.6 Å². The monoisotopic (exact) mass is 280 g/mol. The van der Waals surface area contributed by atoms with Crippen LogP contribution in [0.5, 0.6) is 0 Å². The number of methoxy groups -OCH3 is 1. The summed E-state index contributed by atoms with van der Waals surface area (Å²) in [6, 6.07) is 2.95. The van der Waals surface area contributed by atoms with E-state index in [-0.39, 0.29) is 11.9 Å². The van der Waals surface area contributed by atoms with E-state index in [9.17, 15) is 9.59 Å². The molecule has 102 valence electrons. The van der Waals surface area contributed by atoms with E-state index >= 15 is 0 Å². The summed E-state index contributed by atoms with van der Waals surface area (Å²) >= 11 is 1.64. The van der Waals surface area contributed by atoms with Crippen LogP contribution in [0.4, 0.5) is 0 Å². The Hall–Kier alpha value is -1.56. The molecule has 0 radical (unpaired) electrons. The molecule has 0 aliphatic carbocycles. The topological polar surface area (TPSA) is 59.5 Å². The molecule has 1 aromatic heterocycles. The Balaban J connectivity index is 2.20. The molecule has 2 heterocycles. The van der Waals surface area contributed by atoms with E-state index < -0.39 is 6.04 Å². The predicted molar refractivity (Wildman–Crippen MR) is 72.9 cm³/mol. The zero-order valence-corrected chi connectivity index (χ0v) is 11.8. The number of aromatic nitrogens is 1. The van der Waals surface area contributed by atoms with Crippen LogP contribution < -0.4 is 0 Å². The van der Waals surface area contributed by atoms with Gasteiger partial charge in [0.25, 0.3) is 5.91 Å². The molecule has 2 rings (SSSR count). The molecule has 0 fully saturated rings. The second-order valence-electron chi connectivity index (χ2n) is 4.25. The average Bonchev–Trinajstić information content (AvgIpc) is 2.77. The van der Waals surface area contributed by atoms with Gasteiger partial charge < -0.3 is 9.64 Å². The molecule has 0 bridgehead atoms. The molecule has 5 nitrogen and oxygen atoms in total. The second-order valence-corrected chi connectivity index (χ2v) is 5.24. The Morgan fingerprint density at radius 3 is 3.05 bits per heavy atom. The SMILES string of the molecule is COC(=O)[C@H](CCSC)N1Cc2ncccc2C1=O. The highest BCUT2D eigenvalue weighted by Crippen LogP contribution is 2.24. The van der Waals surface area contributed by atoms with Gasteiger partial charge in [-0.1, -0.05) is 0 Å². The summed E-state index contributed by atoms with van der Waals surface area (Å²) in [7, 11) is 1.35. The maximum absolute atomic E-state index is 12.3. The molecule has 1 aliphatic rings. The fourth-order valence-electron chi connectivity index (χ4n) is 2.16. The third-order valence-electron chi connectivity index (χ3n) is 3.15. The van der Waals surface area contributed by atoms with Gasteiger partial charge in [0.05, 0.1) is 24.9 Å². The number of esters is 1. The first kappa shape index (κ1) is 13.9. The molecule has 0 aromatic carbocycles. The first-order valence-corrected chi connectivity index (χ1v) is 7.40. The number of hydrogen-bond donors (Lipinski definition) is 0. The third kappa shape index (κ3) is 2.73. The smallest absolute Gasteiger partial charge is 0.328 e. The molecule has 0 saturated heterocycles. The van der Waals surface area contributed by atoms with Gasteiger partial charge in [0.2, 0.25) is 0 Å². The number of carbonyl (C=O) groups is 2. The van der Waals surface area contributed by atoms with E-state index in [1.807, 2.05) is 6.26 Å². The zero-order valence-electron chi connectivity index (χ0n) is 11.0. The third-order valence-corrected chi connectivity index (χ3v) is 3.79. The first-order chi connectivity index (χ1) is 9.19. The van der Waals surface area contributed by atoms with Crippen molar-refractivity contribution in [3.8, 4) is 0 Å². The van der Waals surface area contributed by atoms with Crippen LogP contribution >= 0.6 is 11.8 Å². The summed E-state index contributed by atoms with van der Waals surface area (Å²) < 4.78 is 4.81. The maximum Gasteiger partial charge on any atom is 0.328 e. The van der Waals surface area contributed by atoms with Crippen molar-refractivity contribution in [1.29, 1.82) is 0 Å². The summed E-state index contributed by atoms with van der Waals surface area (Å²) in [6.45, 7) is 0.378. The Morgan fingerprint density at radius 2 is 2.42 bits per heavy atom. The summed E-state index contributed by atoms with van der Waals surface area (Å²) in [5.41, 5.74) is 1.31. The lowest BCUT2D eigenvalue weighted by atomic mass is 10.2. The van der Waals surface area contributed by atoms with Crippen LogP contribution in [0.3, 0.4) is 0 Å². The molecular formula is C13H16N2O3S. The van der Waals surface area contributed by atoms with Crippen LogP contribution in [0.2, 0.25) is 0 Å². The fraction of sp³-hybridized carbons (Fsp3) is 0.462. The van der Waals surface area contributed by atoms with E-state index in [1.165, 1.54) is 7.11 Å². The zero-order chi connectivity index (χ0) is 13.8. The second kappa shape index (κ2) is 6.06. The van der Waals surface area contributed by atoms with Crippen molar-refractivity contribution < 1.29 is 14.3 Å². The number of amides is 1. The number of fused-ring (bicyclic) bond motifs is 1. The highest BCUT2D eigenvalue weighted by atomic mass is 32.2. The Labute approximate surface area is 116 Å². The predicted octanol–water partition coefficient (Wildman–Crippen LogP) is 1.33. The highest BCUT2D eigenvalue weighted by molar-refractivity contribution is 7.98. The van der Waals surface area contributed by atoms with E-state index in [1.54, 1.807) is 35.0 Å². The van der Waals surface area contributed by atoms with Crippen LogP contribution in [0.1, 0.15) is 22.5 Å².